The molecule has 3 atom stereocenters. The minimum Gasteiger partial charge on any atom is -0.477 e. The van der Waals surface area contributed by atoms with E-state index in [1.165, 1.54) is 16.7 Å². The summed E-state index contributed by atoms with van der Waals surface area (Å²) in [5, 5.41) is 12.2. The minimum absolute atomic E-state index is 0.0280. The molecule has 3 fully saturated rings. The molecule has 0 aromatic rings. The van der Waals surface area contributed by atoms with Crippen LogP contribution in [0, 0.1) is 5.92 Å². The van der Waals surface area contributed by atoms with Gasteiger partial charge in [-0.3, -0.25) is 14.5 Å². The van der Waals surface area contributed by atoms with Crippen LogP contribution in [-0.4, -0.2) is 70.1 Å². The first kappa shape index (κ1) is 15.9. The molecule has 0 aromatic carbocycles. The number of β-lactam (4-membered cyclic amide) rings is 1. The Morgan fingerprint density at radius 1 is 1.32 bits per heavy atom. The Hall–Kier alpha value is -2.58. The largest absolute Gasteiger partial charge is 0.477 e. The van der Waals surface area contributed by atoms with Gasteiger partial charge in [-0.15, -0.1) is 0 Å². The van der Waals surface area contributed by atoms with Crippen molar-refractivity contribution in [3.8, 4) is 0 Å². The lowest BCUT2D eigenvalue weighted by Gasteiger charge is -2.49. The molecule has 1 saturated carbocycles. The number of ether oxygens (including phenoxy) is 1. The number of hydrogen-bond acceptors (Lipinski definition) is 5. The Morgan fingerprint density at radius 3 is 2.64 bits per heavy atom. The zero-order valence-corrected chi connectivity index (χ0v) is 13.7. The molecule has 9 nitrogen and oxygen atoms in total. The lowest BCUT2D eigenvalue weighted by atomic mass is 9.79. The van der Waals surface area contributed by atoms with Gasteiger partial charge < -0.3 is 20.1 Å². The Balaban J connectivity index is 1.54. The Morgan fingerprint density at radius 2 is 2.04 bits per heavy atom. The van der Waals surface area contributed by atoms with E-state index >= 15 is 0 Å². The molecule has 25 heavy (non-hydrogen) atoms. The van der Waals surface area contributed by atoms with E-state index in [-0.39, 0.29) is 42.1 Å². The van der Waals surface area contributed by atoms with Gasteiger partial charge in [-0.25, -0.2) is 9.59 Å². The molecule has 134 valence electrons. The van der Waals surface area contributed by atoms with Crippen molar-refractivity contribution in [3.05, 3.63) is 11.3 Å². The molecule has 2 N–H and O–H groups in total. The molecule has 0 unspecified atom stereocenters. The molecular formula is C16H19N3O6. The van der Waals surface area contributed by atoms with Crippen molar-refractivity contribution in [2.75, 3.05) is 13.2 Å². The molecule has 0 aromatic heterocycles. The average Bonchev–Trinajstić information content (AvgIpc) is 3.27. The summed E-state index contributed by atoms with van der Waals surface area (Å²) >= 11 is 0. The summed E-state index contributed by atoms with van der Waals surface area (Å²) in [6.45, 7) is 1.65. The highest BCUT2D eigenvalue weighted by Crippen LogP contribution is 2.47. The quantitative estimate of drug-likeness (QED) is 0.672. The first-order valence-electron chi connectivity index (χ1n) is 8.37. The summed E-state index contributed by atoms with van der Waals surface area (Å²) in [5.74, 6) is -1.81. The number of amides is 3. The molecule has 0 radical (unpaired) electrons. The third-order valence-electron chi connectivity index (χ3n) is 5.33. The van der Waals surface area contributed by atoms with Crippen LogP contribution in [0.15, 0.2) is 11.3 Å². The zero-order valence-electron chi connectivity index (χ0n) is 13.7. The smallest absolute Gasteiger partial charge is 0.407 e. The van der Waals surface area contributed by atoms with Crippen molar-refractivity contribution in [1.82, 2.24) is 15.1 Å². The number of nitrogens with zero attached hydrogens (tertiary/aromatic N) is 2. The Kier molecular flexibility index (Phi) is 3.48. The number of likely N-dealkylation sites (tertiary alicyclic amines) is 1. The van der Waals surface area contributed by atoms with Gasteiger partial charge in [-0.05, 0) is 24.8 Å². The van der Waals surface area contributed by atoms with Crippen LogP contribution in [0.2, 0.25) is 0 Å². The number of carboxylic acids is 1. The van der Waals surface area contributed by atoms with E-state index in [4.69, 9.17) is 4.74 Å². The molecule has 1 aliphatic carbocycles. The second-order valence-corrected chi connectivity index (χ2v) is 7.03. The molecule has 9 heteroatoms. The highest BCUT2D eigenvalue weighted by Gasteiger charge is 2.63. The van der Waals surface area contributed by atoms with Gasteiger partial charge in [0.1, 0.15) is 18.3 Å². The molecule has 3 aliphatic heterocycles. The molecule has 2 saturated heterocycles. The predicted molar refractivity (Wildman–Crippen MR) is 82.1 cm³/mol. The number of rotatable bonds is 4. The highest BCUT2D eigenvalue weighted by atomic mass is 16.5. The normalized spacial score (nSPS) is 30.0. The van der Waals surface area contributed by atoms with Crippen molar-refractivity contribution in [3.63, 3.8) is 0 Å². The lowest BCUT2D eigenvalue weighted by Crippen LogP contribution is -2.69. The second-order valence-electron chi connectivity index (χ2n) is 7.03. The minimum atomic E-state index is -1.22. The highest BCUT2D eigenvalue weighted by molar-refractivity contribution is 6.02. The third-order valence-corrected chi connectivity index (χ3v) is 5.33. The lowest BCUT2D eigenvalue weighted by molar-refractivity contribution is -0.159. The maximum atomic E-state index is 12.4. The van der Waals surface area contributed by atoms with Crippen LogP contribution in [0.4, 0.5) is 4.79 Å². The maximum absolute atomic E-state index is 12.4. The van der Waals surface area contributed by atoms with Gasteiger partial charge in [-0.2, -0.15) is 0 Å². The molecule has 3 heterocycles. The summed E-state index contributed by atoms with van der Waals surface area (Å²) in [6.07, 6.45) is 1.66. The summed E-state index contributed by atoms with van der Waals surface area (Å²) in [5.41, 5.74) is 0.309. The van der Waals surface area contributed by atoms with Gasteiger partial charge in [0.2, 0.25) is 5.91 Å². The van der Waals surface area contributed by atoms with Crippen molar-refractivity contribution < 1.29 is 29.0 Å². The molecule has 4 rings (SSSR count). The number of alkyl carbamates (subject to hydrolysis) is 1. The van der Waals surface area contributed by atoms with Crippen molar-refractivity contribution in [1.29, 1.82) is 0 Å². The molecule has 4 aliphatic rings. The van der Waals surface area contributed by atoms with Crippen LogP contribution in [0.1, 0.15) is 26.2 Å². The van der Waals surface area contributed by atoms with E-state index in [0.717, 1.165) is 12.8 Å². The van der Waals surface area contributed by atoms with Crippen molar-refractivity contribution in [2.24, 2.45) is 5.92 Å². The first-order valence-corrected chi connectivity index (χ1v) is 8.37. The van der Waals surface area contributed by atoms with Crippen molar-refractivity contribution >= 4 is 23.9 Å². The van der Waals surface area contributed by atoms with E-state index in [2.05, 4.69) is 5.32 Å². The number of hydrogen-bond donors (Lipinski definition) is 2. The fraction of sp³-hybridized carbons (Fsp3) is 0.625. The summed E-state index contributed by atoms with van der Waals surface area (Å²) in [7, 11) is 0. The van der Waals surface area contributed by atoms with Crippen LogP contribution in [0.25, 0.3) is 0 Å². The summed E-state index contributed by atoms with van der Waals surface area (Å²) in [4.78, 5) is 50.3. The maximum Gasteiger partial charge on any atom is 0.407 e. The van der Waals surface area contributed by atoms with Crippen LogP contribution in [0.3, 0.4) is 0 Å². The average molecular weight is 349 g/mol. The van der Waals surface area contributed by atoms with Gasteiger partial charge >= 0.3 is 12.1 Å². The Labute approximate surface area is 143 Å². The second kappa shape index (κ2) is 5.47. The van der Waals surface area contributed by atoms with E-state index < -0.39 is 18.1 Å². The molecular weight excluding hydrogens is 330 g/mol. The number of carboxylic acid groups (broad SMARTS) is 1. The number of nitrogens with one attached hydrogen (secondary N) is 1. The molecule has 0 bridgehead atoms. The van der Waals surface area contributed by atoms with E-state index in [1.54, 1.807) is 0 Å². The monoisotopic (exact) mass is 349 g/mol. The van der Waals surface area contributed by atoms with Gasteiger partial charge in [0.05, 0.1) is 6.04 Å². The summed E-state index contributed by atoms with van der Waals surface area (Å²) in [6, 6.07) is -0.697. The van der Waals surface area contributed by atoms with Crippen molar-refractivity contribution in [2.45, 2.75) is 44.3 Å². The third kappa shape index (κ3) is 2.45. The van der Waals surface area contributed by atoms with E-state index in [9.17, 15) is 24.3 Å². The SMILES string of the molecule is CC(=O)N1C[C@H]2CC(COC(=O)NC3CC3)=C(C(=O)O)N3C(=O)[C@@H]1[C@@H]23. The van der Waals surface area contributed by atoms with E-state index in [1.807, 2.05) is 0 Å². The van der Waals surface area contributed by atoms with Crippen LogP contribution in [0.5, 0.6) is 0 Å². The topological polar surface area (TPSA) is 116 Å². The zero-order chi connectivity index (χ0) is 17.9. The van der Waals surface area contributed by atoms with Gasteiger partial charge in [-0.1, -0.05) is 0 Å². The van der Waals surface area contributed by atoms with E-state index in [0.29, 0.717) is 18.5 Å². The van der Waals surface area contributed by atoms with Gasteiger partial charge in [0, 0.05) is 25.4 Å². The number of carbonyl (C=O) groups excluding carboxylic acids is 3. The fourth-order valence-corrected chi connectivity index (χ4v) is 4.08. The van der Waals surface area contributed by atoms with Gasteiger partial charge in [0.25, 0.3) is 5.91 Å². The number of aliphatic carboxylic acids is 1. The van der Waals surface area contributed by atoms with Crippen LogP contribution >= 0.6 is 0 Å². The Bertz CT molecular complexity index is 713. The van der Waals surface area contributed by atoms with Crippen LogP contribution < -0.4 is 5.32 Å². The standard InChI is InChI=1S/C16H19N3O6/c1-7(20)18-5-8-4-9(6-25-16(24)17-10-2-3-10)12(15(22)23)19-11(8)13(18)14(19)21/h8,10-11,13H,2-6H2,1H3,(H,17,24)(H,22,23)/t8-,11-,13+/m1/s1. The molecule has 3 amide bonds. The summed E-state index contributed by atoms with van der Waals surface area (Å²) < 4.78 is 5.15. The fourth-order valence-electron chi connectivity index (χ4n) is 4.08. The van der Waals surface area contributed by atoms with Gasteiger partial charge in [0.15, 0.2) is 0 Å². The molecule has 0 spiro atoms. The first-order chi connectivity index (χ1) is 11.9. The number of carbonyl (C=O) groups is 4. The predicted octanol–water partition coefficient (Wildman–Crippen LogP) is -0.325. The van der Waals surface area contributed by atoms with Crippen LogP contribution in [-0.2, 0) is 19.1 Å².